The number of nitrogens with zero attached hydrogens (tertiary/aromatic N) is 1. The molecule has 2 rings (SSSR count). The summed E-state index contributed by atoms with van der Waals surface area (Å²) in [5.74, 6) is -0.949. The van der Waals surface area contributed by atoms with Crippen molar-refractivity contribution >= 4 is 5.97 Å². The van der Waals surface area contributed by atoms with Crippen LogP contribution < -0.4 is 5.56 Å². The van der Waals surface area contributed by atoms with Crippen LogP contribution in [-0.2, 0) is 16.6 Å². The second kappa shape index (κ2) is 5.12. The summed E-state index contributed by atoms with van der Waals surface area (Å²) in [6.07, 6.45) is -0.326. The van der Waals surface area contributed by atoms with Gasteiger partial charge < -0.3 is 10.2 Å². The Labute approximate surface area is 121 Å². The van der Waals surface area contributed by atoms with Crippen LogP contribution in [0.1, 0.15) is 32.0 Å². The number of carbonyl (C=O) groups is 1. The minimum Gasteiger partial charge on any atom is -0.508 e. The molecule has 6 heteroatoms. The normalized spacial score (nSPS) is 11.6. The van der Waals surface area contributed by atoms with Crippen molar-refractivity contribution in [2.75, 3.05) is 0 Å². The van der Waals surface area contributed by atoms with Crippen molar-refractivity contribution in [1.29, 1.82) is 0 Å². The molecule has 1 aromatic carbocycles. The largest absolute Gasteiger partial charge is 0.508 e. The zero-order valence-corrected chi connectivity index (χ0v) is 12.2. The summed E-state index contributed by atoms with van der Waals surface area (Å²) in [7, 11) is 0. The average molecular weight is 290 g/mol. The number of benzene rings is 1. The lowest BCUT2D eigenvalue weighted by Crippen LogP contribution is -2.21. The minimum absolute atomic E-state index is 0.0974. The van der Waals surface area contributed by atoms with Gasteiger partial charge in [0.15, 0.2) is 0 Å². The topological polar surface area (TPSA) is 95.3 Å². The first-order chi connectivity index (χ1) is 9.70. The van der Waals surface area contributed by atoms with Gasteiger partial charge in [-0.1, -0.05) is 20.8 Å². The van der Waals surface area contributed by atoms with E-state index in [1.54, 1.807) is 12.1 Å². The van der Waals surface area contributed by atoms with Crippen molar-refractivity contribution in [2.45, 2.75) is 32.6 Å². The van der Waals surface area contributed by atoms with E-state index in [1.165, 1.54) is 16.8 Å². The minimum atomic E-state index is -1.05. The second-order valence-electron chi connectivity index (χ2n) is 5.94. The molecule has 0 saturated heterocycles. The van der Waals surface area contributed by atoms with Crippen molar-refractivity contribution in [1.82, 2.24) is 9.78 Å². The molecule has 0 unspecified atom stereocenters. The monoisotopic (exact) mass is 290 g/mol. The lowest BCUT2D eigenvalue weighted by molar-refractivity contribution is -0.136. The highest BCUT2D eigenvalue weighted by atomic mass is 16.4. The predicted octanol–water partition coefficient (Wildman–Crippen LogP) is 1.80. The zero-order valence-electron chi connectivity index (χ0n) is 12.2. The standard InChI is InChI=1S/C15H18N2O4/c1-15(2,3)13-11(8-12(19)20)14(21)17(16-13)9-4-6-10(18)7-5-9/h4-7,16,18H,8H2,1-3H3,(H,19,20). The molecular formula is C15H18N2O4. The van der Waals surface area contributed by atoms with E-state index in [1.807, 2.05) is 20.8 Å². The molecular weight excluding hydrogens is 272 g/mol. The Morgan fingerprint density at radius 3 is 2.29 bits per heavy atom. The molecule has 0 amide bonds. The number of aromatic amines is 1. The highest BCUT2D eigenvalue weighted by Gasteiger charge is 2.26. The van der Waals surface area contributed by atoms with E-state index in [4.69, 9.17) is 5.11 Å². The second-order valence-corrected chi connectivity index (χ2v) is 5.94. The average Bonchev–Trinajstić information content (AvgIpc) is 2.68. The number of carboxylic acids is 1. The molecule has 0 radical (unpaired) electrons. The van der Waals surface area contributed by atoms with Crippen LogP contribution in [0.25, 0.3) is 5.69 Å². The fraction of sp³-hybridized carbons (Fsp3) is 0.333. The molecule has 0 atom stereocenters. The van der Waals surface area contributed by atoms with Gasteiger partial charge in [-0.25, -0.2) is 4.68 Å². The number of aromatic hydroxyl groups is 1. The number of carboxylic acid groups (broad SMARTS) is 1. The van der Waals surface area contributed by atoms with Gasteiger partial charge in [0.25, 0.3) is 5.56 Å². The smallest absolute Gasteiger partial charge is 0.308 e. The highest BCUT2D eigenvalue weighted by Crippen LogP contribution is 2.24. The molecule has 6 nitrogen and oxygen atoms in total. The Morgan fingerprint density at radius 1 is 1.24 bits per heavy atom. The molecule has 2 aromatic rings. The third-order valence-corrected chi connectivity index (χ3v) is 3.17. The Bertz CT molecular complexity index is 718. The van der Waals surface area contributed by atoms with Crippen molar-refractivity contribution in [3.05, 3.63) is 45.9 Å². The van der Waals surface area contributed by atoms with Gasteiger partial charge in [0.1, 0.15) is 5.75 Å². The number of hydrogen-bond donors (Lipinski definition) is 3. The van der Waals surface area contributed by atoms with Crippen LogP contribution in [-0.4, -0.2) is 26.0 Å². The summed E-state index contributed by atoms with van der Waals surface area (Å²) in [6, 6.07) is 6.11. The Kier molecular flexibility index (Phi) is 3.63. The molecule has 0 aliphatic carbocycles. The Balaban J connectivity index is 2.64. The first-order valence-corrected chi connectivity index (χ1v) is 6.55. The molecule has 21 heavy (non-hydrogen) atoms. The fourth-order valence-corrected chi connectivity index (χ4v) is 2.19. The quantitative estimate of drug-likeness (QED) is 0.803. The first-order valence-electron chi connectivity index (χ1n) is 6.55. The molecule has 0 aliphatic heterocycles. The van der Waals surface area contributed by atoms with Gasteiger partial charge in [-0.3, -0.25) is 14.7 Å². The van der Waals surface area contributed by atoms with Crippen LogP contribution >= 0.6 is 0 Å². The number of aromatic nitrogens is 2. The van der Waals surface area contributed by atoms with Crippen molar-refractivity contribution in [3.63, 3.8) is 0 Å². The first kappa shape index (κ1) is 14.9. The summed E-state index contributed by atoms with van der Waals surface area (Å²) in [4.78, 5) is 23.5. The van der Waals surface area contributed by atoms with Crippen LogP contribution in [0, 0.1) is 0 Å². The zero-order chi connectivity index (χ0) is 15.8. The SMILES string of the molecule is CC(C)(C)c1[nH]n(-c2ccc(O)cc2)c(=O)c1CC(=O)O. The molecule has 0 spiro atoms. The van der Waals surface area contributed by atoms with E-state index in [9.17, 15) is 14.7 Å². The summed E-state index contributed by atoms with van der Waals surface area (Å²) in [5, 5.41) is 21.3. The molecule has 0 saturated carbocycles. The summed E-state index contributed by atoms with van der Waals surface area (Å²) in [6.45, 7) is 5.72. The fourth-order valence-electron chi connectivity index (χ4n) is 2.19. The van der Waals surface area contributed by atoms with E-state index in [0.29, 0.717) is 11.4 Å². The third-order valence-electron chi connectivity index (χ3n) is 3.17. The van der Waals surface area contributed by atoms with Crippen molar-refractivity contribution in [2.24, 2.45) is 0 Å². The van der Waals surface area contributed by atoms with Crippen LogP contribution in [0.15, 0.2) is 29.1 Å². The summed E-state index contributed by atoms with van der Waals surface area (Å²) in [5.41, 5.74) is 0.630. The maximum absolute atomic E-state index is 12.5. The van der Waals surface area contributed by atoms with E-state index in [2.05, 4.69) is 5.10 Å². The van der Waals surface area contributed by atoms with Crippen LogP contribution in [0.5, 0.6) is 5.75 Å². The highest BCUT2D eigenvalue weighted by molar-refractivity contribution is 5.70. The number of hydrogen-bond acceptors (Lipinski definition) is 3. The predicted molar refractivity (Wildman–Crippen MR) is 78.1 cm³/mol. The van der Waals surface area contributed by atoms with Crippen LogP contribution in [0.2, 0.25) is 0 Å². The molecule has 1 aromatic heterocycles. The van der Waals surface area contributed by atoms with Crippen molar-refractivity contribution in [3.8, 4) is 11.4 Å². The Morgan fingerprint density at radius 2 is 1.81 bits per heavy atom. The van der Waals surface area contributed by atoms with Gasteiger partial charge in [-0.15, -0.1) is 0 Å². The molecule has 112 valence electrons. The van der Waals surface area contributed by atoms with E-state index in [0.717, 1.165) is 0 Å². The molecule has 1 heterocycles. The molecule has 0 aliphatic rings. The lowest BCUT2D eigenvalue weighted by Gasteiger charge is -2.17. The Hall–Kier alpha value is -2.50. The van der Waals surface area contributed by atoms with Crippen LogP contribution in [0.3, 0.4) is 0 Å². The van der Waals surface area contributed by atoms with Crippen molar-refractivity contribution < 1.29 is 15.0 Å². The number of H-pyrrole nitrogens is 1. The number of aliphatic carboxylic acids is 1. The van der Waals surface area contributed by atoms with Crippen LogP contribution in [0.4, 0.5) is 0 Å². The number of nitrogens with one attached hydrogen (secondary N) is 1. The molecule has 3 N–H and O–H groups in total. The maximum Gasteiger partial charge on any atom is 0.308 e. The number of phenols is 1. The van der Waals surface area contributed by atoms with Gasteiger partial charge in [0.05, 0.1) is 17.7 Å². The van der Waals surface area contributed by atoms with Gasteiger partial charge >= 0.3 is 5.97 Å². The summed E-state index contributed by atoms with van der Waals surface area (Å²) >= 11 is 0. The molecule has 0 bridgehead atoms. The van der Waals surface area contributed by atoms with E-state index in [-0.39, 0.29) is 28.7 Å². The van der Waals surface area contributed by atoms with Gasteiger partial charge in [-0.2, -0.15) is 0 Å². The van der Waals surface area contributed by atoms with Gasteiger partial charge in [-0.05, 0) is 24.3 Å². The van der Waals surface area contributed by atoms with E-state index >= 15 is 0 Å². The molecule has 0 fully saturated rings. The van der Waals surface area contributed by atoms with E-state index < -0.39 is 5.97 Å². The maximum atomic E-state index is 12.5. The van der Waals surface area contributed by atoms with Gasteiger partial charge in [0.2, 0.25) is 0 Å². The van der Waals surface area contributed by atoms with Gasteiger partial charge in [0, 0.05) is 11.1 Å². The third kappa shape index (κ3) is 2.99. The number of phenolic OH excluding ortho intramolecular Hbond substituents is 1. The number of rotatable bonds is 3. The summed E-state index contributed by atoms with van der Waals surface area (Å²) < 4.78 is 1.30. The lowest BCUT2D eigenvalue weighted by atomic mass is 9.89.